The number of rotatable bonds is 7. The van der Waals surface area contributed by atoms with E-state index in [0.29, 0.717) is 12.1 Å². The fraction of sp³-hybridized carbons (Fsp3) is 0.269. The maximum Gasteiger partial charge on any atom is 0.416 e. The lowest BCUT2D eigenvalue weighted by atomic mass is 9.97. The topological polar surface area (TPSA) is 83.9 Å². The molecule has 4 rings (SSSR count). The average molecular weight is 590 g/mol. The van der Waals surface area contributed by atoms with Gasteiger partial charge in [0.15, 0.2) is 0 Å². The molecule has 0 amide bonds. The Morgan fingerprint density at radius 3 is 2.51 bits per heavy atom. The van der Waals surface area contributed by atoms with Crippen LogP contribution in [0, 0.1) is 17.6 Å². The lowest BCUT2D eigenvalue weighted by Gasteiger charge is -2.36. The van der Waals surface area contributed by atoms with Crippen molar-refractivity contribution >= 4 is 33.3 Å². The maximum atomic E-state index is 14.1. The number of carboxylic acid groups (broad SMARTS) is 1. The fourth-order valence-electron chi connectivity index (χ4n) is 4.32. The number of carbonyl (C=O) groups is 1. The first-order valence-electron chi connectivity index (χ1n) is 11.6. The summed E-state index contributed by atoms with van der Waals surface area (Å²) in [5.74, 6) is -3.99. The summed E-state index contributed by atoms with van der Waals surface area (Å²) in [4.78, 5) is 10.9. The van der Waals surface area contributed by atoms with Crippen LogP contribution in [-0.2, 0) is 21.0 Å². The molecule has 1 heterocycles. The third kappa shape index (κ3) is 5.81. The number of halogens is 6. The molecule has 0 aliphatic carbocycles. The molecule has 208 valence electrons. The minimum absolute atomic E-state index is 0.0150. The van der Waals surface area contributed by atoms with E-state index in [9.17, 15) is 40.3 Å². The van der Waals surface area contributed by atoms with Crippen LogP contribution in [-0.4, -0.2) is 32.1 Å². The van der Waals surface area contributed by atoms with Gasteiger partial charge in [-0.3, -0.25) is 9.10 Å². The van der Waals surface area contributed by atoms with Crippen LogP contribution < -0.4 is 9.04 Å². The van der Waals surface area contributed by atoms with Crippen LogP contribution in [0.2, 0.25) is 5.02 Å². The average Bonchev–Trinajstić information content (AvgIpc) is 2.88. The largest absolute Gasteiger partial charge is 0.486 e. The molecule has 2 atom stereocenters. The van der Waals surface area contributed by atoms with Gasteiger partial charge in [0.05, 0.1) is 33.6 Å². The van der Waals surface area contributed by atoms with Crippen LogP contribution in [0.3, 0.4) is 0 Å². The molecule has 0 saturated carbocycles. The van der Waals surface area contributed by atoms with Gasteiger partial charge in [0.1, 0.15) is 23.5 Å². The third-order valence-corrected chi connectivity index (χ3v) is 8.49. The van der Waals surface area contributed by atoms with Crippen molar-refractivity contribution in [3.8, 4) is 16.9 Å². The summed E-state index contributed by atoms with van der Waals surface area (Å²) in [6, 6.07) is 8.66. The second-order valence-corrected chi connectivity index (χ2v) is 11.2. The van der Waals surface area contributed by atoms with Crippen molar-refractivity contribution in [1.82, 2.24) is 0 Å². The summed E-state index contributed by atoms with van der Waals surface area (Å²) in [6.45, 7) is 1.21. The zero-order valence-electron chi connectivity index (χ0n) is 20.2. The van der Waals surface area contributed by atoms with E-state index in [-0.39, 0.29) is 35.4 Å². The Balaban J connectivity index is 1.86. The molecule has 3 aromatic rings. The standard InChI is InChI=1S/C26H21ClF5NO5S/c1-2-14(25(34)35)8-18-13-33(39(36,37)19-5-3-4-16(10-19)26(30,31)32)22-9-15(6-7-23(22)38-18)20-11-17(28)12-21(29)24(20)27/h3-7,9-12,14,18H,2,8,13H2,1H3,(H,34,35)/t14-,18+/m1/s1. The molecule has 0 fully saturated rings. The van der Waals surface area contributed by atoms with Gasteiger partial charge in [0.2, 0.25) is 0 Å². The molecule has 0 aromatic heterocycles. The van der Waals surface area contributed by atoms with Gasteiger partial charge in [-0.15, -0.1) is 0 Å². The normalized spacial score (nSPS) is 16.4. The molecule has 6 nitrogen and oxygen atoms in total. The van der Waals surface area contributed by atoms with Crippen molar-refractivity contribution in [1.29, 1.82) is 0 Å². The van der Waals surface area contributed by atoms with Crippen LogP contribution in [0.4, 0.5) is 27.6 Å². The van der Waals surface area contributed by atoms with Crippen LogP contribution in [0.1, 0.15) is 25.3 Å². The summed E-state index contributed by atoms with van der Waals surface area (Å²) in [6.07, 6.45) is -5.62. The minimum atomic E-state index is -4.81. The second kappa shape index (κ2) is 10.6. The summed E-state index contributed by atoms with van der Waals surface area (Å²) in [5, 5.41) is 9.05. The number of hydrogen-bond acceptors (Lipinski definition) is 4. The first kappa shape index (κ1) is 28.6. The summed E-state index contributed by atoms with van der Waals surface area (Å²) < 4.78 is 102. The third-order valence-electron chi connectivity index (χ3n) is 6.33. The van der Waals surface area contributed by atoms with Gasteiger partial charge in [-0.05, 0) is 54.8 Å². The summed E-state index contributed by atoms with van der Waals surface area (Å²) in [7, 11) is -4.65. The molecule has 1 aliphatic rings. The molecule has 0 radical (unpaired) electrons. The van der Waals surface area contributed by atoms with Crippen molar-refractivity contribution < 1.29 is 45.0 Å². The number of alkyl halides is 3. The number of anilines is 1. The fourth-order valence-corrected chi connectivity index (χ4v) is 6.08. The first-order valence-corrected chi connectivity index (χ1v) is 13.4. The van der Waals surface area contributed by atoms with E-state index >= 15 is 0 Å². The molecule has 39 heavy (non-hydrogen) atoms. The molecular formula is C26H21ClF5NO5S. The first-order chi connectivity index (χ1) is 18.2. The highest BCUT2D eigenvalue weighted by Crippen LogP contribution is 2.43. The quantitative estimate of drug-likeness (QED) is 0.243. The van der Waals surface area contributed by atoms with Crippen LogP contribution in [0.15, 0.2) is 59.5 Å². The molecule has 1 aliphatic heterocycles. The van der Waals surface area contributed by atoms with Crippen molar-refractivity contribution in [2.24, 2.45) is 5.92 Å². The highest BCUT2D eigenvalue weighted by molar-refractivity contribution is 7.92. The van der Waals surface area contributed by atoms with E-state index in [1.165, 1.54) is 18.2 Å². The summed E-state index contributed by atoms with van der Waals surface area (Å²) >= 11 is 6.02. The molecule has 0 unspecified atom stereocenters. The zero-order chi connectivity index (χ0) is 28.7. The Morgan fingerprint density at radius 1 is 1.15 bits per heavy atom. The minimum Gasteiger partial charge on any atom is -0.486 e. The van der Waals surface area contributed by atoms with Crippen LogP contribution in [0.5, 0.6) is 5.75 Å². The van der Waals surface area contributed by atoms with Crippen LogP contribution in [0.25, 0.3) is 11.1 Å². The molecular weight excluding hydrogens is 569 g/mol. The lowest BCUT2D eigenvalue weighted by molar-refractivity contribution is -0.142. The lowest BCUT2D eigenvalue weighted by Crippen LogP contribution is -2.44. The van der Waals surface area contributed by atoms with Crippen LogP contribution >= 0.6 is 11.6 Å². The molecule has 0 spiro atoms. The van der Waals surface area contributed by atoms with Gasteiger partial charge in [-0.2, -0.15) is 13.2 Å². The molecule has 0 saturated heterocycles. The van der Waals surface area contributed by atoms with Gasteiger partial charge in [-0.1, -0.05) is 30.7 Å². The Labute approximate surface area is 225 Å². The van der Waals surface area contributed by atoms with Gasteiger partial charge >= 0.3 is 12.1 Å². The van der Waals surface area contributed by atoms with E-state index in [0.717, 1.165) is 28.6 Å². The molecule has 3 aromatic carbocycles. The predicted octanol–water partition coefficient (Wildman–Crippen LogP) is 6.76. The monoisotopic (exact) mass is 589 g/mol. The number of carboxylic acids is 1. The van der Waals surface area contributed by atoms with Gasteiger partial charge in [-0.25, -0.2) is 17.2 Å². The number of aliphatic carboxylic acids is 1. The molecule has 1 N–H and O–H groups in total. The number of benzene rings is 3. The van der Waals surface area contributed by atoms with Gasteiger partial charge < -0.3 is 9.84 Å². The smallest absolute Gasteiger partial charge is 0.416 e. The SMILES string of the molecule is CC[C@H](C[C@H]1CN(S(=O)(=O)c2cccc(C(F)(F)F)c2)c2cc(-c3cc(F)cc(F)c3Cl)ccc2O1)C(=O)O. The highest BCUT2D eigenvalue weighted by atomic mass is 35.5. The number of hydrogen-bond donors (Lipinski definition) is 1. The van der Waals surface area contributed by atoms with E-state index < -0.39 is 67.9 Å². The Hall–Kier alpha value is -3.38. The highest BCUT2D eigenvalue weighted by Gasteiger charge is 2.38. The Kier molecular flexibility index (Phi) is 7.82. The number of sulfonamides is 1. The summed E-state index contributed by atoms with van der Waals surface area (Å²) in [5.41, 5.74) is -1.28. The number of nitrogens with zero attached hydrogens (tertiary/aromatic N) is 1. The number of fused-ring (bicyclic) bond motifs is 1. The van der Waals surface area contributed by atoms with E-state index in [2.05, 4.69) is 0 Å². The predicted molar refractivity (Wildman–Crippen MR) is 133 cm³/mol. The maximum absolute atomic E-state index is 14.1. The number of ether oxygens (including phenoxy) is 1. The zero-order valence-corrected chi connectivity index (χ0v) is 21.7. The van der Waals surface area contributed by atoms with E-state index in [4.69, 9.17) is 16.3 Å². The van der Waals surface area contributed by atoms with E-state index in [1.807, 2.05) is 0 Å². The van der Waals surface area contributed by atoms with Crippen molar-refractivity contribution in [3.63, 3.8) is 0 Å². The van der Waals surface area contributed by atoms with Gasteiger partial charge in [0, 0.05) is 11.6 Å². The molecule has 0 bridgehead atoms. The molecule has 13 heteroatoms. The Morgan fingerprint density at radius 2 is 1.87 bits per heavy atom. The van der Waals surface area contributed by atoms with Crippen molar-refractivity contribution in [2.45, 2.75) is 36.9 Å². The van der Waals surface area contributed by atoms with E-state index in [1.54, 1.807) is 6.92 Å². The van der Waals surface area contributed by atoms with Gasteiger partial charge in [0.25, 0.3) is 10.0 Å². The van der Waals surface area contributed by atoms with Crippen molar-refractivity contribution in [2.75, 3.05) is 10.8 Å². The second-order valence-electron chi connectivity index (χ2n) is 8.91. The van der Waals surface area contributed by atoms with Crippen molar-refractivity contribution in [3.05, 3.63) is 76.8 Å². The Bertz CT molecular complexity index is 1530.